The molecule has 0 spiro atoms. The molecule has 0 fully saturated rings. The van der Waals surface area contributed by atoms with E-state index >= 15 is 0 Å². The lowest BCUT2D eigenvalue weighted by Crippen LogP contribution is -2.75. The van der Waals surface area contributed by atoms with Gasteiger partial charge in [-0.3, -0.25) is 0 Å². The average molecular weight is 1410 g/mol. The molecular weight excluding hydrogens is 1200 g/mol. The summed E-state index contributed by atoms with van der Waals surface area (Å²) in [7, 11) is 0. The summed E-state index contributed by atoms with van der Waals surface area (Å²) in [6.07, 6.45) is 129. The monoisotopic (exact) mass is 1410 g/mol. The highest BCUT2D eigenvalue weighted by Crippen LogP contribution is 2.53. The van der Waals surface area contributed by atoms with Crippen molar-refractivity contribution < 1.29 is 4.48 Å². The first-order valence-corrected chi connectivity index (χ1v) is 49.4. The van der Waals surface area contributed by atoms with Gasteiger partial charge < -0.3 is 4.48 Å². The Kier molecular flexibility index (Phi) is 83.0. The third kappa shape index (κ3) is 60.9. The summed E-state index contributed by atoms with van der Waals surface area (Å²) in [6.45, 7) is 22.2. The second-order valence-corrected chi connectivity index (χ2v) is 35.2. The van der Waals surface area contributed by atoms with E-state index in [0.717, 1.165) is 0 Å². The molecule has 0 aliphatic heterocycles. The minimum absolute atomic E-state index is 0.410. The van der Waals surface area contributed by atoms with Crippen molar-refractivity contribution >= 4 is 0 Å². The third-order valence-electron chi connectivity index (χ3n) is 25.8. The molecule has 1 nitrogen and oxygen atoms in total. The highest BCUT2D eigenvalue weighted by atomic mass is 15.5. The fourth-order valence-corrected chi connectivity index (χ4v) is 19.2. The van der Waals surface area contributed by atoms with Crippen LogP contribution in [-0.4, -0.2) is 28.7 Å². The molecule has 100 heavy (non-hydrogen) atoms. The fraction of sp³-hybridized carbons (Fsp3) is 1.00. The van der Waals surface area contributed by atoms with Crippen molar-refractivity contribution in [1.29, 1.82) is 0 Å². The largest absolute Gasteiger partial charge is 0.314 e. The van der Waals surface area contributed by atoms with Gasteiger partial charge in [0.2, 0.25) is 0 Å². The molecule has 1 heteroatoms. The van der Waals surface area contributed by atoms with Crippen molar-refractivity contribution in [3.05, 3.63) is 0 Å². The van der Waals surface area contributed by atoms with Gasteiger partial charge in [0.05, 0.1) is 24.2 Å². The summed E-state index contributed by atoms with van der Waals surface area (Å²) in [5, 5.41) is 0. The Morgan fingerprint density at radius 3 is 0.310 bits per heavy atom. The molecule has 0 unspecified atom stereocenters. The maximum Gasteiger partial charge on any atom is 0.0996 e. The van der Waals surface area contributed by atoms with Crippen LogP contribution in [0.5, 0.6) is 0 Å². The van der Waals surface area contributed by atoms with Gasteiger partial charge in [0.25, 0.3) is 0 Å². The van der Waals surface area contributed by atoms with E-state index in [9.17, 15) is 0 Å². The number of quaternary nitrogens is 1. The molecule has 0 aromatic rings. The zero-order chi connectivity index (χ0) is 72.4. The summed E-state index contributed by atoms with van der Waals surface area (Å²) < 4.78 is 1.60. The van der Waals surface area contributed by atoms with Gasteiger partial charge in [-0.15, -0.1) is 0 Å². The van der Waals surface area contributed by atoms with Crippen molar-refractivity contribution in [3.63, 3.8) is 0 Å². The second-order valence-electron chi connectivity index (χ2n) is 35.2. The quantitative estimate of drug-likeness (QED) is 0.0421. The Bertz CT molecular complexity index is 1250. The summed E-state index contributed by atoms with van der Waals surface area (Å²) in [6, 6.07) is 0. The maximum atomic E-state index is 2.40. The lowest BCUT2D eigenvalue weighted by Gasteiger charge is -2.65. The Hall–Kier alpha value is -0.0400. The van der Waals surface area contributed by atoms with Crippen LogP contribution in [0.2, 0.25) is 0 Å². The van der Waals surface area contributed by atoms with Crippen molar-refractivity contribution in [1.82, 2.24) is 0 Å². The van der Waals surface area contributed by atoms with Gasteiger partial charge in [0.15, 0.2) is 0 Å². The second kappa shape index (κ2) is 83.0. The molecule has 0 rings (SSSR count). The molecule has 0 radical (unpaired) electrons. The molecule has 602 valence electrons. The number of unbranched alkanes of at least 4 members (excludes halogenated alkanes) is 73. The standard InChI is InChI=1S/C99H202N/c1-9-17-25-33-41-49-57-65-73-81-89-97-100(96-88-80-72-64-56-48-40-32-24-16-8,98(90-82-74-66-58-50-42-34-26-18-10-2,91-83-75-67-59-51-43-35-27-19-11-3)92-84-76-68-60-52-44-36-28-20-12-4)99(93-85-77-69-61-53-45-37-29-21-13-5,94-86-78-70-62-54-46-38-30-22-14-6)95-87-79-71-63-55-47-39-31-23-15-7/h9-97H2,1-8H3/q+1. The molecule has 0 aliphatic rings. The van der Waals surface area contributed by atoms with E-state index in [0.29, 0.717) is 11.1 Å². The van der Waals surface area contributed by atoms with Crippen molar-refractivity contribution in [3.8, 4) is 0 Å². The van der Waals surface area contributed by atoms with Crippen LogP contribution in [0, 0.1) is 0 Å². The Balaban J connectivity index is 8.59. The smallest absolute Gasteiger partial charge is 0.0996 e. The molecular formula is C99H202N+. The minimum Gasteiger partial charge on any atom is -0.314 e. The van der Waals surface area contributed by atoms with Crippen LogP contribution in [0.4, 0.5) is 0 Å². The third-order valence-corrected chi connectivity index (χ3v) is 25.8. The summed E-state index contributed by atoms with van der Waals surface area (Å²) >= 11 is 0. The van der Waals surface area contributed by atoms with E-state index in [1.807, 2.05) is 0 Å². The molecule has 0 atom stereocenters. The first-order chi connectivity index (χ1) is 49.5. The van der Waals surface area contributed by atoms with Crippen LogP contribution in [0.3, 0.4) is 0 Å². The van der Waals surface area contributed by atoms with Gasteiger partial charge in [-0.25, -0.2) is 0 Å². The maximum absolute atomic E-state index is 2.40. The molecule has 0 saturated heterocycles. The van der Waals surface area contributed by atoms with E-state index in [2.05, 4.69) is 55.4 Å². The fourth-order valence-electron chi connectivity index (χ4n) is 19.2. The molecule has 0 heterocycles. The Morgan fingerprint density at radius 2 is 0.200 bits per heavy atom. The SMILES string of the molecule is CCCCCCCCCCCCC[N+](CCCCCCCCCCCC)(C(CCCCCCCCCCCC)(CCCCCCCCCCCC)CCCCCCCCCCCC)C(CCCCCCCCCCCC)(CCCCCCCCCCCC)CCCCCCCCCCCC. The first kappa shape index (κ1) is 100.0. The average Bonchev–Trinajstić information content (AvgIpc) is 0.723. The van der Waals surface area contributed by atoms with Crippen LogP contribution >= 0.6 is 0 Å². The summed E-state index contributed by atoms with van der Waals surface area (Å²) in [4.78, 5) is 0. The zero-order valence-electron chi connectivity index (χ0n) is 72.4. The topological polar surface area (TPSA) is 0 Å². The van der Waals surface area contributed by atoms with Crippen LogP contribution in [0.25, 0.3) is 0 Å². The lowest BCUT2D eigenvalue weighted by molar-refractivity contribution is -1.02. The number of hydrogen-bond acceptors (Lipinski definition) is 0. The molecule has 0 amide bonds. The number of rotatable bonds is 91. The molecule has 0 saturated carbocycles. The van der Waals surface area contributed by atoms with Crippen molar-refractivity contribution in [2.45, 2.75) is 625 Å². The molecule has 0 aromatic heterocycles. The predicted octanol–water partition coefficient (Wildman–Crippen LogP) is 37.4. The van der Waals surface area contributed by atoms with E-state index < -0.39 is 0 Å². The Morgan fingerprint density at radius 1 is 0.110 bits per heavy atom. The summed E-state index contributed by atoms with van der Waals surface area (Å²) in [5.41, 5.74) is 0.821. The molecule has 0 aromatic carbocycles. The number of hydrogen-bond donors (Lipinski definition) is 0. The van der Waals surface area contributed by atoms with Crippen molar-refractivity contribution in [2.24, 2.45) is 0 Å². The van der Waals surface area contributed by atoms with E-state index in [4.69, 9.17) is 0 Å². The van der Waals surface area contributed by atoms with Gasteiger partial charge in [0, 0.05) is 38.5 Å². The van der Waals surface area contributed by atoms with Gasteiger partial charge in [0.1, 0.15) is 0 Å². The predicted molar refractivity (Wildman–Crippen MR) is 463 cm³/mol. The van der Waals surface area contributed by atoms with E-state index in [-0.39, 0.29) is 0 Å². The van der Waals surface area contributed by atoms with Crippen LogP contribution < -0.4 is 0 Å². The van der Waals surface area contributed by atoms with E-state index in [1.165, 1.54) is 533 Å². The lowest BCUT2D eigenvalue weighted by atomic mass is 9.68. The van der Waals surface area contributed by atoms with Crippen LogP contribution in [-0.2, 0) is 0 Å². The molecule has 0 N–H and O–H groups in total. The molecule has 0 bridgehead atoms. The first-order valence-electron chi connectivity index (χ1n) is 49.4. The van der Waals surface area contributed by atoms with Gasteiger partial charge in [-0.1, -0.05) is 511 Å². The van der Waals surface area contributed by atoms with Gasteiger partial charge >= 0.3 is 0 Å². The zero-order valence-corrected chi connectivity index (χ0v) is 72.4. The summed E-state index contributed by atoms with van der Waals surface area (Å²) in [5.74, 6) is 0. The van der Waals surface area contributed by atoms with Gasteiger partial charge in [-0.2, -0.15) is 0 Å². The Labute approximate surface area is 638 Å². The highest BCUT2D eigenvalue weighted by Gasteiger charge is 2.59. The molecule has 0 aliphatic carbocycles. The van der Waals surface area contributed by atoms with Crippen molar-refractivity contribution in [2.75, 3.05) is 13.1 Å². The number of nitrogens with zero attached hydrogens (tertiary/aromatic N) is 1. The normalized spacial score (nSPS) is 12.4. The van der Waals surface area contributed by atoms with Gasteiger partial charge in [-0.05, 0) is 64.2 Å². The minimum atomic E-state index is 0.410. The van der Waals surface area contributed by atoms with Crippen LogP contribution in [0.1, 0.15) is 614 Å². The van der Waals surface area contributed by atoms with Crippen LogP contribution in [0.15, 0.2) is 0 Å². The van der Waals surface area contributed by atoms with E-state index in [1.54, 1.807) is 43.0 Å². The highest BCUT2D eigenvalue weighted by molar-refractivity contribution is 4.94.